The van der Waals surface area contributed by atoms with Crippen molar-refractivity contribution in [1.29, 1.82) is 0 Å². The molecule has 0 unspecified atom stereocenters. The van der Waals surface area contributed by atoms with Crippen molar-refractivity contribution in [1.82, 2.24) is 9.88 Å². The summed E-state index contributed by atoms with van der Waals surface area (Å²) in [6.45, 7) is 2.91. The van der Waals surface area contributed by atoms with Crippen LogP contribution in [0.2, 0.25) is 0 Å². The van der Waals surface area contributed by atoms with Gasteiger partial charge in [0.2, 0.25) is 0 Å². The zero-order valence-corrected chi connectivity index (χ0v) is 14.5. The monoisotopic (exact) mass is 352 g/mol. The summed E-state index contributed by atoms with van der Waals surface area (Å²) in [7, 11) is 0. The Hall–Kier alpha value is -3.15. The zero-order chi connectivity index (χ0) is 18.5. The van der Waals surface area contributed by atoms with Gasteiger partial charge in [-0.2, -0.15) is 0 Å². The second-order valence-electron chi connectivity index (χ2n) is 6.11. The summed E-state index contributed by atoms with van der Waals surface area (Å²) in [6.07, 6.45) is 1.45. The molecule has 0 saturated heterocycles. The summed E-state index contributed by atoms with van der Waals surface area (Å²) >= 11 is 0. The minimum Gasteiger partial charge on any atom is -0.422 e. The first-order valence-electron chi connectivity index (χ1n) is 8.54. The van der Waals surface area contributed by atoms with Gasteiger partial charge in [-0.25, -0.2) is 4.79 Å². The van der Waals surface area contributed by atoms with Crippen molar-refractivity contribution in [3.8, 4) is 0 Å². The van der Waals surface area contributed by atoms with Crippen LogP contribution in [0.25, 0.3) is 11.0 Å². The average molecular weight is 352 g/mol. The molecule has 0 fully saturated rings. The average Bonchev–Trinajstić information content (AvgIpc) is 2.62. The number of carbonyl (C=O) groups excluding carboxylic acids is 1. The highest BCUT2D eigenvalue weighted by atomic mass is 16.4. The lowest BCUT2D eigenvalue weighted by molar-refractivity contribution is 0.0949. The van der Waals surface area contributed by atoms with Gasteiger partial charge in [0.05, 0.1) is 0 Å². The van der Waals surface area contributed by atoms with E-state index in [4.69, 9.17) is 4.42 Å². The summed E-state index contributed by atoms with van der Waals surface area (Å²) in [5, 5.41) is 3.44. The van der Waals surface area contributed by atoms with Gasteiger partial charge in [-0.1, -0.05) is 24.3 Å². The molecule has 1 amide bonds. The Morgan fingerprint density at radius 2 is 1.88 bits per heavy atom. The summed E-state index contributed by atoms with van der Waals surface area (Å²) in [5.74, 6) is -0.447. The van der Waals surface area contributed by atoms with Gasteiger partial charge in [-0.15, -0.1) is 0 Å². The minimum atomic E-state index is -0.646. The Labute approximate surface area is 150 Å². The van der Waals surface area contributed by atoms with Gasteiger partial charge in [-0.3, -0.25) is 9.59 Å². The van der Waals surface area contributed by atoms with E-state index in [1.807, 2.05) is 19.1 Å². The fourth-order valence-corrected chi connectivity index (χ4v) is 2.82. The summed E-state index contributed by atoms with van der Waals surface area (Å²) in [6, 6.07) is 13.8. The van der Waals surface area contributed by atoms with Gasteiger partial charge < -0.3 is 14.3 Å². The van der Waals surface area contributed by atoms with Gasteiger partial charge in [0.25, 0.3) is 11.5 Å². The molecule has 6 nitrogen and oxygen atoms in total. The fourth-order valence-electron chi connectivity index (χ4n) is 2.82. The van der Waals surface area contributed by atoms with E-state index in [1.165, 1.54) is 6.07 Å². The smallest absolute Gasteiger partial charge is 0.349 e. The van der Waals surface area contributed by atoms with Crippen LogP contribution in [-0.2, 0) is 6.54 Å². The second kappa shape index (κ2) is 7.82. The summed E-state index contributed by atoms with van der Waals surface area (Å²) < 4.78 is 6.88. The SMILES string of the molecule is Cc1cccc(=O)n1CCCCNC(=O)c1cc2ccccc2oc1=O. The van der Waals surface area contributed by atoms with Crippen LogP contribution in [0.3, 0.4) is 0 Å². The molecule has 3 rings (SSSR count). The Balaban J connectivity index is 1.55. The van der Waals surface area contributed by atoms with E-state index in [9.17, 15) is 14.4 Å². The van der Waals surface area contributed by atoms with Crippen LogP contribution in [0.15, 0.2) is 62.5 Å². The van der Waals surface area contributed by atoms with Crippen LogP contribution in [0.4, 0.5) is 0 Å². The van der Waals surface area contributed by atoms with Gasteiger partial charge in [0.15, 0.2) is 0 Å². The number of hydrogen-bond acceptors (Lipinski definition) is 4. The number of rotatable bonds is 6. The minimum absolute atomic E-state index is 0.00109. The van der Waals surface area contributed by atoms with Gasteiger partial charge in [0.1, 0.15) is 11.1 Å². The number of aryl methyl sites for hydroxylation is 1. The van der Waals surface area contributed by atoms with Crippen LogP contribution in [0.5, 0.6) is 0 Å². The molecule has 2 aromatic heterocycles. The number of hydrogen-bond donors (Lipinski definition) is 1. The molecule has 0 bridgehead atoms. The maximum atomic E-state index is 12.2. The lowest BCUT2D eigenvalue weighted by Crippen LogP contribution is -2.29. The summed E-state index contributed by atoms with van der Waals surface area (Å²) in [4.78, 5) is 36.0. The number of pyridine rings is 1. The maximum absolute atomic E-state index is 12.2. The molecule has 1 aromatic carbocycles. The quantitative estimate of drug-likeness (QED) is 0.546. The number of aromatic nitrogens is 1. The van der Waals surface area contributed by atoms with E-state index in [0.717, 1.165) is 12.1 Å². The van der Waals surface area contributed by atoms with E-state index in [-0.39, 0.29) is 11.1 Å². The van der Waals surface area contributed by atoms with Gasteiger partial charge in [0, 0.05) is 30.2 Å². The topological polar surface area (TPSA) is 81.3 Å². The Morgan fingerprint density at radius 1 is 1.08 bits per heavy atom. The highest BCUT2D eigenvalue weighted by molar-refractivity contribution is 5.96. The standard InChI is InChI=1S/C20H20N2O4/c1-14-7-6-10-18(23)22(14)12-5-4-11-21-19(24)16-13-15-8-2-3-9-17(15)26-20(16)25/h2-3,6-10,13H,4-5,11-12H2,1H3,(H,21,24). The molecule has 0 saturated carbocycles. The van der Waals surface area contributed by atoms with Crippen LogP contribution in [0.1, 0.15) is 28.9 Å². The van der Waals surface area contributed by atoms with E-state index in [0.29, 0.717) is 30.5 Å². The molecule has 0 aliphatic heterocycles. The number of amides is 1. The molecule has 0 radical (unpaired) electrons. The predicted molar refractivity (Wildman–Crippen MR) is 99.5 cm³/mol. The molecule has 0 spiro atoms. The number of benzene rings is 1. The molecular formula is C20H20N2O4. The van der Waals surface area contributed by atoms with Gasteiger partial charge >= 0.3 is 5.63 Å². The zero-order valence-electron chi connectivity index (χ0n) is 14.5. The van der Waals surface area contributed by atoms with Gasteiger partial charge in [-0.05, 0) is 38.0 Å². The number of fused-ring (bicyclic) bond motifs is 1. The first-order valence-corrected chi connectivity index (χ1v) is 8.54. The molecule has 3 aromatic rings. The van der Waals surface area contributed by atoms with Crippen molar-refractivity contribution >= 4 is 16.9 Å². The van der Waals surface area contributed by atoms with Crippen molar-refractivity contribution in [2.45, 2.75) is 26.3 Å². The van der Waals surface area contributed by atoms with Crippen LogP contribution in [0, 0.1) is 6.92 Å². The van der Waals surface area contributed by atoms with E-state index < -0.39 is 11.5 Å². The van der Waals surface area contributed by atoms with Crippen LogP contribution < -0.4 is 16.5 Å². The van der Waals surface area contributed by atoms with Crippen molar-refractivity contribution in [3.05, 3.63) is 80.6 Å². The molecule has 1 N–H and O–H groups in total. The molecule has 6 heteroatoms. The number of nitrogens with zero attached hydrogens (tertiary/aromatic N) is 1. The van der Waals surface area contributed by atoms with Crippen molar-refractivity contribution in [2.24, 2.45) is 0 Å². The third kappa shape index (κ3) is 3.91. The largest absolute Gasteiger partial charge is 0.422 e. The summed E-state index contributed by atoms with van der Waals surface area (Å²) in [5.41, 5.74) is 0.697. The van der Waals surface area contributed by atoms with Crippen LogP contribution in [-0.4, -0.2) is 17.0 Å². The van der Waals surface area contributed by atoms with E-state index in [2.05, 4.69) is 5.32 Å². The second-order valence-corrected chi connectivity index (χ2v) is 6.11. The normalized spacial score (nSPS) is 10.8. The molecule has 0 aliphatic carbocycles. The number of para-hydroxylation sites is 1. The first-order chi connectivity index (χ1) is 12.6. The van der Waals surface area contributed by atoms with Crippen molar-refractivity contribution in [2.75, 3.05) is 6.54 Å². The van der Waals surface area contributed by atoms with E-state index in [1.54, 1.807) is 34.9 Å². The predicted octanol–water partition coefficient (Wildman–Crippen LogP) is 2.47. The fraction of sp³-hybridized carbons (Fsp3) is 0.250. The molecule has 26 heavy (non-hydrogen) atoms. The molecule has 2 heterocycles. The Bertz CT molecular complexity index is 1050. The molecular weight excluding hydrogens is 332 g/mol. The Kier molecular flexibility index (Phi) is 5.31. The maximum Gasteiger partial charge on any atom is 0.349 e. The number of nitrogens with one attached hydrogen (secondary N) is 1. The van der Waals surface area contributed by atoms with Crippen molar-refractivity contribution in [3.63, 3.8) is 0 Å². The first kappa shape index (κ1) is 17.7. The molecule has 134 valence electrons. The third-order valence-electron chi connectivity index (χ3n) is 4.25. The lowest BCUT2D eigenvalue weighted by atomic mass is 10.2. The van der Waals surface area contributed by atoms with Crippen molar-refractivity contribution < 1.29 is 9.21 Å². The number of carbonyl (C=O) groups is 1. The van der Waals surface area contributed by atoms with E-state index >= 15 is 0 Å². The Morgan fingerprint density at radius 3 is 2.69 bits per heavy atom. The highest BCUT2D eigenvalue weighted by Gasteiger charge is 2.12. The number of unbranched alkanes of at least 4 members (excludes halogenated alkanes) is 1. The molecule has 0 atom stereocenters. The molecule has 0 aliphatic rings. The highest BCUT2D eigenvalue weighted by Crippen LogP contribution is 2.12. The lowest BCUT2D eigenvalue weighted by Gasteiger charge is -2.09. The third-order valence-corrected chi connectivity index (χ3v) is 4.25. The van der Waals surface area contributed by atoms with Crippen LogP contribution >= 0.6 is 0 Å².